The third kappa shape index (κ3) is 2.77. The first-order chi connectivity index (χ1) is 8.76. The zero-order chi connectivity index (χ0) is 13.0. The van der Waals surface area contributed by atoms with Gasteiger partial charge in [-0.3, -0.25) is 0 Å². The molecule has 1 N–H and O–H groups in total. The summed E-state index contributed by atoms with van der Waals surface area (Å²) in [6, 6.07) is 7.60. The highest BCUT2D eigenvalue weighted by atomic mass is 35.5. The van der Waals surface area contributed by atoms with E-state index in [1.165, 1.54) is 6.42 Å². The molecule has 0 amide bonds. The van der Waals surface area contributed by atoms with Gasteiger partial charge < -0.3 is 10.0 Å². The molecule has 0 aromatic heterocycles. The van der Waals surface area contributed by atoms with Gasteiger partial charge in [0, 0.05) is 11.6 Å². The normalized spacial score (nSPS) is 20.3. The quantitative estimate of drug-likeness (QED) is 0.893. The molecule has 1 aromatic rings. The van der Waals surface area contributed by atoms with E-state index >= 15 is 0 Å². The molecule has 0 bridgehead atoms. The molecular formula is C14H17ClN2O. The van der Waals surface area contributed by atoms with E-state index in [1.54, 1.807) is 12.1 Å². The Labute approximate surface area is 113 Å². The summed E-state index contributed by atoms with van der Waals surface area (Å²) >= 11 is 6.03. The minimum atomic E-state index is 0.0954. The van der Waals surface area contributed by atoms with Gasteiger partial charge >= 0.3 is 0 Å². The molecule has 1 aliphatic rings. The van der Waals surface area contributed by atoms with Crippen molar-refractivity contribution in [2.45, 2.75) is 31.7 Å². The summed E-state index contributed by atoms with van der Waals surface area (Å²) < 4.78 is 0. The number of hydrogen-bond acceptors (Lipinski definition) is 3. The lowest BCUT2D eigenvalue weighted by atomic mass is 10.1. The fraction of sp³-hybridized carbons (Fsp3) is 0.500. The predicted molar refractivity (Wildman–Crippen MR) is 72.9 cm³/mol. The zero-order valence-electron chi connectivity index (χ0n) is 10.3. The van der Waals surface area contributed by atoms with Crippen LogP contribution < -0.4 is 4.90 Å². The first-order valence-corrected chi connectivity index (χ1v) is 6.71. The van der Waals surface area contributed by atoms with Crippen molar-refractivity contribution in [3.05, 3.63) is 28.8 Å². The summed E-state index contributed by atoms with van der Waals surface area (Å²) in [6.07, 6.45) is 4.36. The van der Waals surface area contributed by atoms with E-state index in [0.717, 1.165) is 31.5 Å². The average Bonchev–Trinajstić information content (AvgIpc) is 2.63. The van der Waals surface area contributed by atoms with E-state index in [9.17, 15) is 10.4 Å². The van der Waals surface area contributed by atoms with E-state index in [-0.39, 0.29) is 12.6 Å². The highest BCUT2D eigenvalue weighted by molar-refractivity contribution is 6.30. The smallest absolute Gasteiger partial charge is 0.101 e. The van der Waals surface area contributed by atoms with Crippen LogP contribution >= 0.6 is 11.6 Å². The molecule has 1 fully saturated rings. The van der Waals surface area contributed by atoms with Crippen LogP contribution in [0.4, 0.5) is 5.69 Å². The molecule has 0 radical (unpaired) electrons. The van der Waals surface area contributed by atoms with E-state index in [4.69, 9.17) is 11.6 Å². The van der Waals surface area contributed by atoms with E-state index in [2.05, 4.69) is 11.0 Å². The molecule has 2 rings (SSSR count). The third-order valence-corrected chi connectivity index (χ3v) is 3.71. The molecule has 1 heterocycles. The van der Waals surface area contributed by atoms with Crippen LogP contribution in [0.5, 0.6) is 0 Å². The molecule has 1 aromatic carbocycles. The number of aliphatic hydroxyl groups excluding tert-OH is 1. The maximum atomic E-state index is 9.52. The summed E-state index contributed by atoms with van der Waals surface area (Å²) in [5.41, 5.74) is 1.48. The van der Waals surface area contributed by atoms with Gasteiger partial charge in [-0.25, -0.2) is 0 Å². The molecule has 0 saturated carbocycles. The van der Waals surface area contributed by atoms with Gasteiger partial charge in [0.05, 0.1) is 23.9 Å². The monoisotopic (exact) mass is 264 g/mol. The summed E-state index contributed by atoms with van der Waals surface area (Å²) in [6.45, 7) is 0.998. The number of aliphatic hydroxyl groups is 1. The molecule has 1 saturated heterocycles. The van der Waals surface area contributed by atoms with Gasteiger partial charge in [-0.1, -0.05) is 24.4 Å². The SMILES string of the molecule is N#Cc1ccc(Cl)cc1N1CCCCCC1CO. The van der Waals surface area contributed by atoms with Crippen LogP contribution in [0.3, 0.4) is 0 Å². The van der Waals surface area contributed by atoms with Crippen LogP contribution in [-0.2, 0) is 0 Å². The number of rotatable bonds is 2. The Morgan fingerprint density at radius 1 is 1.39 bits per heavy atom. The Hall–Kier alpha value is -1.24. The largest absolute Gasteiger partial charge is 0.394 e. The molecule has 1 unspecified atom stereocenters. The van der Waals surface area contributed by atoms with Gasteiger partial charge in [-0.2, -0.15) is 5.26 Å². The second-order valence-corrected chi connectivity index (χ2v) is 5.09. The first kappa shape index (κ1) is 13.2. The van der Waals surface area contributed by atoms with Gasteiger partial charge in [-0.15, -0.1) is 0 Å². The number of benzene rings is 1. The number of halogens is 1. The lowest BCUT2D eigenvalue weighted by Crippen LogP contribution is -2.38. The number of nitriles is 1. The Morgan fingerprint density at radius 3 is 2.94 bits per heavy atom. The Balaban J connectivity index is 2.38. The van der Waals surface area contributed by atoms with E-state index < -0.39 is 0 Å². The average molecular weight is 265 g/mol. The standard InChI is InChI=1S/C14H17ClN2O/c15-12-6-5-11(9-16)14(8-12)17-7-3-1-2-4-13(17)10-18/h5-6,8,13,18H,1-4,7,10H2. The van der Waals surface area contributed by atoms with E-state index in [0.29, 0.717) is 10.6 Å². The van der Waals surface area contributed by atoms with Crippen molar-refractivity contribution in [3.63, 3.8) is 0 Å². The highest BCUT2D eigenvalue weighted by Gasteiger charge is 2.22. The predicted octanol–water partition coefficient (Wildman–Crippen LogP) is 2.95. The fourth-order valence-electron chi connectivity index (χ4n) is 2.52. The molecule has 96 valence electrons. The molecule has 0 spiro atoms. The Kier molecular flexibility index (Phi) is 4.46. The maximum absolute atomic E-state index is 9.52. The van der Waals surface area contributed by atoms with Gasteiger partial charge in [0.2, 0.25) is 0 Å². The summed E-state index contributed by atoms with van der Waals surface area (Å²) in [7, 11) is 0. The van der Waals surface area contributed by atoms with Gasteiger partial charge in [0.1, 0.15) is 6.07 Å². The van der Waals surface area contributed by atoms with E-state index in [1.807, 2.05) is 6.07 Å². The van der Waals surface area contributed by atoms with Crippen molar-refractivity contribution < 1.29 is 5.11 Å². The lowest BCUT2D eigenvalue weighted by molar-refractivity contribution is 0.255. The van der Waals surface area contributed by atoms with Crippen molar-refractivity contribution in [1.82, 2.24) is 0 Å². The van der Waals surface area contributed by atoms with Crippen LogP contribution in [-0.4, -0.2) is 24.3 Å². The molecule has 0 aliphatic carbocycles. The van der Waals surface area contributed by atoms with Gasteiger partial charge in [-0.05, 0) is 31.0 Å². The molecule has 18 heavy (non-hydrogen) atoms. The van der Waals surface area contributed by atoms with Crippen molar-refractivity contribution >= 4 is 17.3 Å². The van der Waals surface area contributed by atoms with Crippen molar-refractivity contribution in [2.75, 3.05) is 18.1 Å². The van der Waals surface area contributed by atoms with Crippen LogP contribution in [0.25, 0.3) is 0 Å². The summed E-state index contributed by atoms with van der Waals surface area (Å²) in [5.74, 6) is 0. The minimum absolute atomic E-state index is 0.0954. The van der Waals surface area contributed by atoms with Gasteiger partial charge in [0.25, 0.3) is 0 Å². The lowest BCUT2D eigenvalue weighted by Gasteiger charge is -2.31. The maximum Gasteiger partial charge on any atom is 0.101 e. The summed E-state index contributed by atoms with van der Waals surface area (Å²) in [5, 5.41) is 19.3. The molecule has 1 aliphatic heterocycles. The fourth-order valence-corrected chi connectivity index (χ4v) is 2.69. The number of anilines is 1. The zero-order valence-corrected chi connectivity index (χ0v) is 11.0. The molecular weight excluding hydrogens is 248 g/mol. The molecule has 3 nitrogen and oxygen atoms in total. The highest BCUT2D eigenvalue weighted by Crippen LogP contribution is 2.29. The van der Waals surface area contributed by atoms with Crippen LogP contribution in [0, 0.1) is 11.3 Å². The Bertz CT molecular complexity index is 456. The van der Waals surface area contributed by atoms with Crippen LogP contribution in [0.2, 0.25) is 5.02 Å². The second-order valence-electron chi connectivity index (χ2n) is 4.65. The van der Waals surface area contributed by atoms with Gasteiger partial charge in [0.15, 0.2) is 0 Å². The number of hydrogen-bond donors (Lipinski definition) is 1. The number of nitrogens with zero attached hydrogens (tertiary/aromatic N) is 2. The van der Waals surface area contributed by atoms with Crippen LogP contribution in [0.15, 0.2) is 18.2 Å². The summed E-state index contributed by atoms with van der Waals surface area (Å²) in [4.78, 5) is 2.14. The second kappa shape index (κ2) is 6.08. The third-order valence-electron chi connectivity index (χ3n) is 3.48. The van der Waals surface area contributed by atoms with Crippen molar-refractivity contribution in [2.24, 2.45) is 0 Å². The minimum Gasteiger partial charge on any atom is -0.394 e. The Morgan fingerprint density at radius 2 is 2.22 bits per heavy atom. The topological polar surface area (TPSA) is 47.3 Å². The van der Waals surface area contributed by atoms with Crippen molar-refractivity contribution in [3.8, 4) is 6.07 Å². The molecule has 4 heteroatoms. The van der Waals surface area contributed by atoms with Crippen molar-refractivity contribution in [1.29, 1.82) is 5.26 Å². The first-order valence-electron chi connectivity index (χ1n) is 6.33. The molecule has 1 atom stereocenters. The van der Waals surface area contributed by atoms with Crippen LogP contribution in [0.1, 0.15) is 31.2 Å².